The highest BCUT2D eigenvalue weighted by Gasteiger charge is 2.12. The normalized spacial score (nSPS) is 12.9. The van der Waals surface area contributed by atoms with Crippen molar-refractivity contribution in [1.29, 1.82) is 0 Å². The van der Waals surface area contributed by atoms with Gasteiger partial charge in [-0.25, -0.2) is 12.8 Å². The number of sulfone groups is 1. The molecule has 2 aromatic rings. The molecule has 0 fully saturated rings. The van der Waals surface area contributed by atoms with Crippen LogP contribution in [0.4, 0.5) is 4.39 Å². The molecule has 0 amide bonds. The van der Waals surface area contributed by atoms with Crippen molar-refractivity contribution in [1.82, 2.24) is 0 Å². The van der Waals surface area contributed by atoms with Crippen LogP contribution in [0.1, 0.15) is 11.1 Å². The van der Waals surface area contributed by atoms with Crippen molar-refractivity contribution in [3.63, 3.8) is 0 Å². The Morgan fingerprint density at radius 3 is 1.61 bits per heavy atom. The van der Waals surface area contributed by atoms with Crippen molar-refractivity contribution in [2.24, 2.45) is 0 Å². The van der Waals surface area contributed by atoms with Gasteiger partial charge in [0.05, 0.1) is 18.1 Å². The van der Waals surface area contributed by atoms with Crippen molar-refractivity contribution in [2.45, 2.75) is 4.90 Å². The SMILES string of the molecule is CS(=O)(=O)c1ccc(/C(CO)=C(/CO)c2ccc(F)cc2)cc1. The monoisotopic (exact) mass is 336 g/mol. The van der Waals surface area contributed by atoms with E-state index in [0.29, 0.717) is 22.3 Å². The van der Waals surface area contributed by atoms with Gasteiger partial charge in [-0.3, -0.25) is 0 Å². The van der Waals surface area contributed by atoms with Gasteiger partial charge in [0.15, 0.2) is 9.84 Å². The molecule has 0 aromatic heterocycles. The van der Waals surface area contributed by atoms with Crippen molar-refractivity contribution < 1.29 is 23.0 Å². The van der Waals surface area contributed by atoms with E-state index in [1.54, 1.807) is 12.1 Å². The molecule has 0 aliphatic carbocycles. The van der Waals surface area contributed by atoms with Crippen LogP contribution >= 0.6 is 0 Å². The van der Waals surface area contributed by atoms with Gasteiger partial charge in [-0.15, -0.1) is 0 Å². The average Bonchev–Trinajstić information content (AvgIpc) is 2.53. The smallest absolute Gasteiger partial charge is 0.175 e. The fraction of sp³-hybridized carbons (Fsp3) is 0.176. The van der Waals surface area contributed by atoms with Crippen molar-refractivity contribution in [3.8, 4) is 0 Å². The van der Waals surface area contributed by atoms with Crippen LogP contribution in [0, 0.1) is 5.82 Å². The van der Waals surface area contributed by atoms with Crippen LogP contribution in [0.15, 0.2) is 53.4 Å². The van der Waals surface area contributed by atoms with Gasteiger partial charge in [-0.2, -0.15) is 0 Å². The van der Waals surface area contributed by atoms with E-state index in [9.17, 15) is 23.0 Å². The lowest BCUT2D eigenvalue weighted by molar-refractivity contribution is 0.340. The van der Waals surface area contributed by atoms with Gasteiger partial charge < -0.3 is 10.2 Å². The van der Waals surface area contributed by atoms with Crippen molar-refractivity contribution in [2.75, 3.05) is 19.5 Å². The highest BCUT2D eigenvalue weighted by atomic mass is 32.2. The van der Waals surface area contributed by atoms with E-state index in [-0.39, 0.29) is 18.1 Å². The predicted octanol–water partition coefficient (Wildman–Crippen LogP) is 2.12. The van der Waals surface area contributed by atoms with Crippen LogP contribution in [0.5, 0.6) is 0 Å². The second-order valence-corrected chi connectivity index (χ2v) is 7.09. The summed E-state index contributed by atoms with van der Waals surface area (Å²) in [6.45, 7) is -0.680. The molecule has 2 rings (SSSR count). The van der Waals surface area contributed by atoms with E-state index in [0.717, 1.165) is 6.26 Å². The number of halogens is 1. The highest BCUT2D eigenvalue weighted by molar-refractivity contribution is 7.90. The molecular weight excluding hydrogens is 319 g/mol. The molecule has 0 aliphatic heterocycles. The fourth-order valence-corrected chi connectivity index (χ4v) is 2.91. The van der Waals surface area contributed by atoms with Crippen molar-refractivity contribution >= 4 is 21.0 Å². The third-order valence-electron chi connectivity index (χ3n) is 3.50. The minimum absolute atomic E-state index is 0.172. The minimum atomic E-state index is -3.30. The summed E-state index contributed by atoms with van der Waals surface area (Å²) in [5, 5.41) is 19.3. The van der Waals surface area contributed by atoms with Gasteiger partial charge in [0.2, 0.25) is 0 Å². The van der Waals surface area contributed by atoms with E-state index in [4.69, 9.17) is 0 Å². The maximum absolute atomic E-state index is 13.0. The molecule has 122 valence electrons. The van der Waals surface area contributed by atoms with Gasteiger partial charge in [0, 0.05) is 6.26 Å². The van der Waals surface area contributed by atoms with Crippen LogP contribution in [0.25, 0.3) is 11.1 Å². The first-order valence-corrected chi connectivity index (χ1v) is 8.76. The molecule has 4 nitrogen and oxygen atoms in total. The summed E-state index contributed by atoms with van der Waals surface area (Å²) in [6, 6.07) is 11.6. The van der Waals surface area contributed by atoms with E-state index in [1.807, 2.05) is 0 Å². The third-order valence-corrected chi connectivity index (χ3v) is 4.63. The average molecular weight is 336 g/mol. The number of aliphatic hydroxyl groups excluding tert-OH is 2. The van der Waals surface area contributed by atoms with Crippen LogP contribution in [-0.2, 0) is 9.84 Å². The molecule has 0 unspecified atom stereocenters. The summed E-state index contributed by atoms with van der Waals surface area (Å²) in [4.78, 5) is 0.172. The molecule has 0 aliphatic rings. The van der Waals surface area contributed by atoms with Gasteiger partial charge in [0.25, 0.3) is 0 Å². The second kappa shape index (κ2) is 7.04. The molecule has 0 spiro atoms. The summed E-state index contributed by atoms with van der Waals surface area (Å²) in [5.41, 5.74) is 2.09. The Labute approximate surface area is 134 Å². The molecule has 0 saturated carbocycles. The van der Waals surface area contributed by atoms with Crippen molar-refractivity contribution in [3.05, 3.63) is 65.5 Å². The molecule has 2 aromatic carbocycles. The first kappa shape index (κ1) is 17.3. The number of rotatable bonds is 5. The first-order chi connectivity index (χ1) is 10.9. The molecule has 0 bridgehead atoms. The number of hydrogen-bond acceptors (Lipinski definition) is 4. The maximum atomic E-state index is 13.0. The van der Waals surface area contributed by atoms with Crippen LogP contribution in [0.2, 0.25) is 0 Å². The summed E-state index contributed by atoms with van der Waals surface area (Å²) in [7, 11) is -3.30. The first-order valence-electron chi connectivity index (χ1n) is 6.87. The molecule has 2 N–H and O–H groups in total. The third kappa shape index (κ3) is 4.04. The number of aliphatic hydroxyl groups is 2. The van der Waals surface area contributed by atoms with Gasteiger partial charge in [0.1, 0.15) is 5.82 Å². The Morgan fingerprint density at radius 2 is 1.26 bits per heavy atom. The zero-order chi connectivity index (χ0) is 17.0. The Bertz CT molecular complexity index is 807. The molecule has 0 atom stereocenters. The quantitative estimate of drug-likeness (QED) is 0.820. The van der Waals surface area contributed by atoms with E-state index in [1.165, 1.54) is 36.4 Å². The molecular formula is C17H17FO4S. The molecule has 0 radical (unpaired) electrons. The topological polar surface area (TPSA) is 74.6 Å². The molecule has 0 saturated heterocycles. The van der Waals surface area contributed by atoms with E-state index >= 15 is 0 Å². The Morgan fingerprint density at radius 1 is 0.870 bits per heavy atom. The maximum Gasteiger partial charge on any atom is 0.175 e. The zero-order valence-electron chi connectivity index (χ0n) is 12.5. The number of hydrogen-bond donors (Lipinski definition) is 2. The van der Waals surface area contributed by atoms with Gasteiger partial charge in [-0.1, -0.05) is 24.3 Å². The van der Waals surface area contributed by atoms with E-state index < -0.39 is 15.7 Å². The Balaban J connectivity index is 2.53. The summed E-state index contributed by atoms with van der Waals surface area (Å²) in [5.74, 6) is -0.394. The molecule has 0 heterocycles. The summed E-state index contributed by atoms with van der Waals surface area (Å²) < 4.78 is 36.0. The van der Waals surface area contributed by atoms with E-state index in [2.05, 4.69) is 0 Å². The summed E-state index contributed by atoms with van der Waals surface area (Å²) in [6.07, 6.45) is 1.11. The lowest BCUT2D eigenvalue weighted by atomic mass is 9.95. The highest BCUT2D eigenvalue weighted by Crippen LogP contribution is 2.27. The van der Waals surface area contributed by atoms with Gasteiger partial charge in [-0.05, 0) is 46.5 Å². The minimum Gasteiger partial charge on any atom is -0.392 e. The standard InChI is InChI=1S/C17H17FO4S/c1-23(21,22)15-8-4-13(5-9-15)17(11-20)16(10-19)12-2-6-14(18)7-3-12/h2-9,19-20H,10-11H2,1H3/b17-16-. The predicted molar refractivity (Wildman–Crippen MR) is 86.9 cm³/mol. The van der Waals surface area contributed by atoms with Crippen LogP contribution < -0.4 is 0 Å². The van der Waals surface area contributed by atoms with Crippen LogP contribution in [-0.4, -0.2) is 38.1 Å². The number of benzene rings is 2. The van der Waals surface area contributed by atoms with Crippen LogP contribution in [0.3, 0.4) is 0 Å². The largest absolute Gasteiger partial charge is 0.392 e. The lowest BCUT2D eigenvalue weighted by Crippen LogP contribution is -2.02. The zero-order valence-corrected chi connectivity index (χ0v) is 13.3. The Hall–Kier alpha value is -2.02. The second-order valence-electron chi connectivity index (χ2n) is 5.08. The lowest BCUT2D eigenvalue weighted by Gasteiger charge is -2.13. The van der Waals surface area contributed by atoms with Gasteiger partial charge >= 0.3 is 0 Å². The fourth-order valence-electron chi connectivity index (χ4n) is 2.28. The molecule has 23 heavy (non-hydrogen) atoms. The summed E-state index contributed by atoms with van der Waals surface area (Å²) >= 11 is 0. The Kier molecular flexibility index (Phi) is 5.30. The molecule has 6 heteroatoms.